The van der Waals surface area contributed by atoms with E-state index in [0.29, 0.717) is 41.0 Å². The van der Waals surface area contributed by atoms with E-state index >= 15 is 0 Å². The van der Waals surface area contributed by atoms with Crippen LogP contribution in [0.4, 0.5) is 11.6 Å². The van der Waals surface area contributed by atoms with Gasteiger partial charge in [-0.25, -0.2) is 9.97 Å². The summed E-state index contributed by atoms with van der Waals surface area (Å²) in [5.74, 6) is 1.69. The minimum atomic E-state index is -0.00156. The number of ketones is 1. The predicted molar refractivity (Wildman–Crippen MR) is 127 cm³/mol. The Balaban J connectivity index is 1.43. The average Bonchev–Trinajstić information content (AvgIpc) is 2.77. The van der Waals surface area contributed by atoms with Gasteiger partial charge in [-0.2, -0.15) is 0 Å². The van der Waals surface area contributed by atoms with Gasteiger partial charge in [-0.3, -0.25) is 4.79 Å². The molecule has 7 heteroatoms. The molecule has 3 aromatic rings. The van der Waals surface area contributed by atoms with Crippen LogP contribution in [0.25, 0.3) is 10.8 Å². The maximum Gasteiger partial charge on any atom is 0.168 e. The molecular weight excluding hydrogens is 410 g/mol. The molecule has 0 spiro atoms. The molecule has 1 aliphatic rings. The molecule has 0 saturated carbocycles. The fourth-order valence-electron chi connectivity index (χ4n) is 4.13. The highest BCUT2D eigenvalue weighted by molar-refractivity contribution is 6.34. The summed E-state index contributed by atoms with van der Waals surface area (Å²) in [5.41, 5.74) is 7.50. The predicted octanol–water partition coefficient (Wildman–Crippen LogP) is 4.43. The first-order valence-electron chi connectivity index (χ1n) is 10.7. The van der Waals surface area contributed by atoms with Crippen molar-refractivity contribution < 1.29 is 4.79 Å². The van der Waals surface area contributed by atoms with Crippen LogP contribution >= 0.6 is 11.6 Å². The number of carbonyl (C=O) groups is 1. The monoisotopic (exact) mass is 437 g/mol. The molecule has 0 radical (unpaired) electrons. The summed E-state index contributed by atoms with van der Waals surface area (Å²) >= 11 is 6.41. The molecule has 3 N–H and O–H groups in total. The van der Waals surface area contributed by atoms with Crippen LogP contribution in [-0.4, -0.2) is 47.3 Å². The number of carbonyl (C=O) groups excluding carboxylic acids is 1. The molecule has 2 aromatic heterocycles. The van der Waals surface area contributed by atoms with Crippen LogP contribution in [0.3, 0.4) is 0 Å². The van der Waals surface area contributed by atoms with Crippen molar-refractivity contribution in [3.8, 4) is 0 Å². The Morgan fingerprint density at radius 2 is 1.97 bits per heavy atom. The van der Waals surface area contributed by atoms with E-state index in [2.05, 4.69) is 33.3 Å². The van der Waals surface area contributed by atoms with Gasteiger partial charge < -0.3 is 16.0 Å². The van der Waals surface area contributed by atoms with Crippen molar-refractivity contribution in [1.82, 2.24) is 14.9 Å². The third-order valence-electron chi connectivity index (χ3n) is 6.08. The maximum absolute atomic E-state index is 13.1. The molecule has 1 saturated heterocycles. The lowest BCUT2D eigenvalue weighted by Crippen LogP contribution is -2.33. The number of likely N-dealkylation sites (tertiary alicyclic amines) is 1. The number of hydrogen-bond donors (Lipinski definition) is 2. The fourth-order valence-corrected chi connectivity index (χ4v) is 4.39. The lowest BCUT2D eigenvalue weighted by molar-refractivity contribution is 0.0983. The van der Waals surface area contributed by atoms with Gasteiger partial charge in [0.1, 0.15) is 11.6 Å². The molecule has 0 atom stereocenters. The second kappa shape index (κ2) is 9.62. The number of nitrogens with one attached hydrogen (secondary N) is 1. The Kier molecular flexibility index (Phi) is 6.68. The minimum Gasteiger partial charge on any atom is -0.383 e. The van der Waals surface area contributed by atoms with E-state index in [-0.39, 0.29) is 5.78 Å². The number of nitrogen functional groups attached to an aromatic ring is 1. The van der Waals surface area contributed by atoms with Crippen LogP contribution < -0.4 is 11.1 Å². The van der Waals surface area contributed by atoms with Gasteiger partial charge in [0.25, 0.3) is 0 Å². The highest BCUT2D eigenvalue weighted by Crippen LogP contribution is 2.26. The van der Waals surface area contributed by atoms with Crippen molar-refractivity contribution in [3.05, 3.63) is 58.9 Å². The number of piperidine rings is 1. The second-order valence-electron chi connectivity index (χ2n) is 8.32. The van der Waals surface area contributed by atoms with Crippen LogP contribution in [0, 0.1) is 5.92 Å². The zero-order chi connectivity index (χ0) is 21.8. The highest BCUT2D eigenvalue weighted by atomic mass is 35.5. The van der Waals surface area contributed by atoms with Crippen molar-refractivity contribution in [2.24, 2.45) is 5.92 Å². The Morgan fingerprint density at radius 1 is 1.19 bits per heavy atom. The molecule has 4 rings (SSSR count). The number of nitrogens with zero attached hydrogens (tertiary/aromatic N) is 3. The van der Waals surface area contributed by atoms with Gasteiger partial charge in [-0.05, 0) is 68.4 Å². The average molecular weight is 438 g/mol. The first-order chi connectivity index (χ1) is 15.0. The van der Waals surface area contributed by atoms with Gasteiger partial charge in [0, 0.05) is 30.7 Å². The Labute approximate surface area is 187 Å². The Bertz CT molecular complexity index is 1080. The zero-order valence-electron chi connectivity index (χ0n) is 17.8. The minimum absolute atomic E-state index is 0.00156. The molecule has 0 amide bonds. The number of hydrogen-bond acceptors (Lipinski definition) is 6. The molecule has 6 nitrogen and oxygen atoms in total. The van der Waals surface area contributed by atoms with Crippen LogP contribution in [0.2, 0.25) is 5.02 Å². The van der Waals surface area contributed by atoms with Gasteiger partial charge in [0.05, 0.1) is 10.6 Å². The van der Waals surface area contributed by atoms with Crippen molar-refractivity contribution in [2.45, 2.75) is 25.7 Å². The van der Waals surface area contributed by atoms with E-state index in [4.69, 9.17) is 17.3 Å². The summed E-state index contributed by atoms with van der Waals surface area (Å²) in [4.78, 5) is 24.0. The smallest absolute Gasteiger partial charge is 0.168 e. The van der Waals surface area contributed by atoms with Gasteiger partial charge in [-0.15, -0.1) is 0 Å². The molecule has 31 heavy (non-hydrogen) atoms. The van der Waals surface area contributed by atoms with E-state index in [9.17, 15) is 4.79 Å². The maximum atomic E-state index is 13.1. The third-order valence-corrected chi connectivity index (χ3v) is 6.39. The standard InChI is InChI=1S/C24H28ClN5O/c1-30-12-8-17(9-13-30)15-29-24-22(20(25)7-11-28-24)21(31)5-3-16-2-4-19-18(14-16)6-10-27-23(19)26/h2,4,6-7,10-11,14,17H,3,5,8-9,12-13,15H2,1H3,(H2,26,27)(H,28,29). The SMILES string of the molecule is CN1CCC(CNc2nccc(Cl)c2C(=O)CCc2ccc3c(N)nccc3c2)CC1. The number of fused-ring (bicyclic) bond motifs is 1. The van der Waals surface area contributed by atoms with Crippen molar-refractivity contribution >= 4 is 39.8 Å². The molecule has 3 heterocycles. The number of halogens is 1. The van der Waals surface area contributed by atoms with Crippen molar-refractivity contribution in [2.75, 3.05) is 37.7 Å². The Morgan fingerprint density at radius 3 is 2.77 bits per heavy atom. The topological polar surface area (TPSA) is 84.1 Å². The molecule has 1 aromatic carbocycles. The first kappa shape index (κ1) is 21.5. The summed E-state index contributed by atoms with van der Waals surface area (Å²) in [5, 5.41) is 5.79. The van der Waals surface area contributed by atoms with Crippen LogP contribution in [-0.2, 0) is 6.42 Å². The second-order valence-corrected chi connectivity index (χ2v) is 8.73. The summed E-state index contributed by atoms with van der Waals surface area (Å²) in [6.45, 7) is 3.02. The molecule has 0 unspecified atom stereocenters. The lowest BCUT2D eigenvalue weighted by atomic mass is 9.97. The Hall–Kier alpha value is -2.70. The normalized spacial score (nSPS) is 15.3. The molecule has 0 aliphatic carbocycles. The summed E-state index contributed by atoms with van der Waals surface area (Å²) in [6, 6.07) is 9.63. The quantitative estimate of drug-likeness (QED) is 0.532. The van der Waals surface area contributed by atoms with Crippen molar-refractivity contribution in [1.29, 1.82) is 0 Å². The highest BCUT2D eigenvalue weighted by Gasteiger charge is 2.20. The number of nitrogens with two attached hydrogens (primary N) is 1. The van der Waals surface area contributed by atoms with E-state index in [0.717, 1.165) is 48.8 Å². The summed E-state index contributed by atoms with van der Waals surface area (Å²) < 4.78 is 0. The van der Waals surface area contributed by atoms with Gasteiger partial charge >= 0.3 is 0 Å². The number of Topliss-reactive ketones (excluding diaryl/α,β-unsaturated/α-hetero) is 1. The third kappa shape index (κ3) is 5.14. The molecule has 0 bridgehead atoms. The molecule has 162 valence electrons. The van der Waals surface area contributed by atoms with Gasteiger partial charge in [0.15, 0.2) is 5.78 Å². The molecule has 1 fully saturated rings. The fraction of sp³-hybridized carbons (Fsp3) is 0.375. The molecule has 1 aliphatic heterocycles. The van der Waals surface area contributed by atoms with Crippen molar-refractivity contribution in [3.63, 3.8) is 0 Å². The number of aryl methyl sites for hydroxylation is 1. The number of anilines is 2. The first-order valence-corrected chi connectivity index (χ1v) is 11.1. The van der Waals surface area contributed by atoms with E-state index in [1.165, 1.54) is 0 Å². The van der Waals surface area contributed by atoms with Crippen LogP contribution in [0.1, 0.15) is 35.2 Å². The number of aromatic nitrogens is 2. The number of pyridine rings is 2. The largest absolute Gasteiger partial charge is 0.383 e. The van der Waals surface area contributed by atoms with E-state index in [1.807, 2.05) is 18.2 Å². The number of benzene rings is 1. The lowest BCUT2D eigenvalue weighted by Gasteiger charge is -2.29. The van der Waals surface area contributed by atoms with Crippen LogP contribution in [0.15, 0.2) is 42.7 Å². The van der Waals surface area contributed by atoms with Gasteiger partial charge in [0.2, 0.25) is 0 Å². The summed E-state index contributed by atoms with van der Waals surface area (Å²) in [6.07, 6.45) is 6.63. The molecular formula is C24H28ClN5O. The summed E-state index contributed by atoms with van der Waals surface area (Å²) in [7, 11) is 2.15. The van der Waals surface area contributed by atoms with Gasteiger partial charge in [-0.1, -0.05) is 29.8 Å². The zero-order valence-corrected chi connectivity index (χ0v) is 18.5. The number of rotatable bonds is 7. The van der Waals surface area contributed by atoms with E-state index < -0.39 is 0 Å². The van der Waals surface area contributed by atoms with E-state index in [1.54, 1.807) is 18.5 Å². The van der Waals surface area contributed by atoms with Crippen LogP contribution in [0.5, 0.6) is 0 Å².